The number of rotatable bonds is 16. The third-order valence-electron chi connectivity index (χ3n) is 12.5. The van der Waals surface area contributed by atoms with Crippen molar-refractivity contribution in [2.75, 3.05) is 39.6 Å². The lowest BCUT2D eigenvalue weighted by atomic mass is 9.83. The second kappa shape index (κ2) is 22.7. The van der Waals surface area contributed by atoms with Crippen molar-refractivity contribution in [1.82, 2.24) is 0 Å². The molecule has 4 aromatic rings. The van der Waals surface area contributed by atoms with Crippen LogP contribution in [0.3, 0.4) is 0 Å². The summed E-state index contributed by atoms with van der Waals surface area (Å²) in [7, 11) is 0. The van der Waals surface area contributed by atoms with Crippen molar-refractivity contribution in [2.45, 2.75) is 133 Å². The molecule has 384 valence electrons. The number of carbonyl (C=O) groups excluding carboxylic acids is 4. The Bertz CT molecular complexity index is 2460. The SMILES string of the molecule is Cc1cc(CCC(=O)OCC(C)(C)C2OCC3(CO2)COC(C(C)(C)COC(=O)c2cc(C)c(OC(=O)OCc4ccccc4)c(C(C)(C)C)c2)OC3)cc(C(C)(C)C)c1OC(=O)OCc1ccccc1. The quantitative estimate of drug-likeness (QED) is 0.0592. The lowest BCUT2D eigenvalue weighted by Gasteiger charge is -2.48. The highest BCUT2D eigenvalue weighted by molar-refractivity contribution is 5.90. The van der Waals surface area contributed by atoms with Gasteiger partial charge in [0.25, 0.3) is 0 Å². The van der Waals surface area contributed by atoms with Crippen LogP contribution in [0.25, 0.3) is 0 Å². The van der Waals surface area contributed by atoms with Crippen molar-refractivity contribution in [3.8, 4) is 11.5 Å². The van der Waals surface area contributed by atoms with E-state index in [1.807, 2.05) is 149 Å². The van der Waals surface area contributed by atoms with E-state index in [0.717, 1.165) is 27.8 Å². The Morgan fingerprint density at radius 3 is 1.41 bits per heavy atom. The van der Waals surface area contributed by atoms with Crippen molar-refractivity contribution in [3.63, 3.8) is 0 Å². The summed E-state index contributed by atoms with van der Waals surface area (Å²) in [6.45, 7) is 24.8. The number of ether oxygens (including phenoxy) is 10. The highest BCUT2D eigenvalue weighted by Gasteiger charge is 2.48. The van der Waals surface area contributed by atoms with E-state index >= 15 is 0 Å². The van der Waals surface area contributed by atoms with E-state index in [4.69, 9.17) is 47.4 Å². The topological polar surface area (TPSA) is 161 Å². The summed E-state index contributed by atoms with van der Waals surface area (Å²) in [5.74, 6) is -0.104. The Balaban J connectivity index is 0.943. The Kier molecular flexibility index (Phi) is 17.5. The first-order valence-corrected chi connectivity index (χ1v) is 24.2. The predicted octanol–water partition coefficient (Wildman–Crippen LogP) is 11.4. The molecule has 2 aliphatic heterocycles. The van der Waals surface area contributed by atoms with Crippen LogP contribution < -0.4 is 9.47 Å². The van der Waals surface area contributed by atoms with Crippen LogP contribution in [-0.2, 0) is 73.2 Å². The maximum Gasteiger partial charge on any atom is 0.514 e. The highest BCUT2D eigenvalue weighted by atomic mass is 16.7. The van der Waals surface area contributed by atoms with Crippen molar-refractivity contribution < 1.29 is 66.5 Å². The third-order valence-corrected chi connectivity index (χ3v) is 12.5. The minimum atomic E-state index is -0.838. The zero-order valence-corrected chi connectivity index (χ0v) is 43.5. The van der Waals surface area contributed by atoms with Gasteiger partial charge in [0.2, 0.25) is 0 Å². The molecule has 0 saturated carbocycles. The van der Waals surface area contributed by atoms with E-state index in [0.29, 0.717) is 61.0 Å². The van der Waals surface area contributed by atoms with Gasteiger partial charge >= 0.3 is 24.2 Å². The van der Waals surface area contributed by atoms with E-state index in [1.54, 1.807) is 19.1 Å². The molecule has 0 unspecified atom stereocenters. The molecule has 1 spiro atoms. The van der Waals surface area contributed by atoms with Crippen LogP contribution in [0.15, 0.2) is 84.9 Å². The van der Waals surface area contributed by atoms with E-state index in [1.165, 1.54) is 0 Å². The molecule has 0 bridgehead atoms. The lowest BCUT2D eigenvalue weighted by molar-refractivity contribution is -0.337. The summed E-state index contributed by atoms with van der Waals surface area (Å²) >= 11 is 0. The number of esters is 2. The molecule has 0 N–H and O–H groups in total. The van der Waals surface area contributed by atoms with Crippen molar-refractivity contribution in [2.24, 2.45) is 16.2 Å². The van der Waals surface area contributed by atoms with Crippen LogP contribution in [0.4, 0.5) is 9.59 Å². The Morgan fingerprint density at radius 2 is 0.958 bits per heavy atom. The normalized spacial score (nSPS) is 18.6. The minimum Gasteiger partial charge on any atom is -0.465 e. The van der Waals surface area contributed by atoms with Gasteiger partial charge in [-0.2, -0.15) is 0 Å². The van der Waals surface area contributed by atoms with Crippen LogP contribution >= 0.6 is 0 Å². The fourth-order valence-electron chi connectivity index (χ4n) is 8.24. The second-order valence-corrected chi connectivity index (χ2v) is 22.3. The Morgan fingerprint density at radius 1 is 0.535 bits per heavy atom. The van der Waals surface area contributed by atoms with Gasteiger partial charge < -0.3 is 47.4 Å². The zero-order valence-electron chi connectivity index (χ0n) is 43.5. The molecule has 14 nitrogen and oxygen atoms in total. The fraction of sp³-hybridized carbons (Fsp3) is 0.509. The van der Waals surface area contributed by atoms with Gasteiger partial charge in [-0.25, -0.2) is 14.4 Å². The van der Waals surface area contributed by atoms with Crippen LogP contribution in [0.5, 0.6) is 11.5 Å². The number of hydrogen-bond acceptors (Lipinski definition) is 14. The Labute approximate surface area is 418 Å². The van der Waals surface area contributed by atoms with Crippen molar-refractivity contribution >= 4 is 24.2 Å². The van der Waals surface area contributed by atoms with Gasteiger partial charge in [0.05, 0.1) is 37.4 Å². The summed E-state index contributed by atoms with van der Waals surface area (Å²) in [5, 5.41) is 0. The summed E-state index contributed by atoms with van der Waals surface area (Å²) in [6.07, 6.45) is -2.36. The van der Waals surface area contributed by atoms with Gasteiger partial charge in [-0.05, 0) is 71.0 Å². The first-order chi connectivity index (χ1) is 33.3. The van der Waals surface area contributed by atoms with Gasteiger partial charge in [-0.3, -0.25) is 4.79 Å². The second-order valence-electron chi connectivity index (χ2n) is 22.3. The number of carbonyl (C=O) groups is 4. The largest absolute Gasteiger partial charge is 0.514 e. The van der Waals surface area contributed by atoms with Crippen LogP contribution in [0.2, 0.25) is 0 Å². The summed E-state index contributed by atoms with van der Waals surface area (Å²) in [4.78, 5) is 52.1. The average Bonchev–Trinajstić information content (AvgIpc) is 3.32. The molecule has 0 radical (unpaired) electrons. The number of benzene rings is 4. The fourth-order valence-corrected chi connectivity index (χ4v) is 8.24. The summed E-state index contributed by atoms with van der Waals surface area (Å²) in [6, 6.07) is 26.0. The van der Waals surface area contributed by atoms with Crippen LogP contribution in [-0.4, -0.2) is 76.5 Å². The van der Waals surface area contributed by atoms with Gasteiger partial charge in [-0.15, -0.1) is 0 Å². The van der Waals surface area contributed by atoms with Crippen molar-refractivity contribution in [1.29, 1.82) is 0 Å². The Hall–Kier alpha value is -5.80. The molecule has 0 amide bonds. The molecule has 2 heterocycles. The predicted molar refractivity (Wildman–Crippen MR) is 265 cm³/mol. The summed E-state index contributed by atoms with van der Waals surface area (Å²) in [5.41, 5.74) is 2.96. The standard InChI is InChI=1S/C57H72O14/c1-37-25-41(27-43(53(3,4)5)46(37)70-51(60)62-29-39-19-15-13-16-20-39)23-24-45(58)64-31-55(9,10)49-66-33-57(34-67-49)35-68-50(69-36-57)56(11,12)32-65-48(59)42-26-38(2)47(44(28-42)54(6,7)8)71-52(61)63-30-40-21-17-14-18-22-40/h13-22,25-28,49-50H,23-24,29-36H2,1-12H3. The molecule has 0 aliphatic carbocycles. The third kappa shape index (κ3) is 14.9. The first kappa shape index (κ1) is 54.5. The van der Waals surface area contributed by atoms with Crippen molar-refractivity contribution in [3.05, 3.63) is 129 Å². The zero-order chi connectivity index (χ0) is 51.8. The molecule has 2 fully saturated rings. The maximum absolute atomic E-state index is 13.6. The van der Waals surface area contributed by atoms with Crippen LogP contribution in [0, 0.1) is 30.1 Å². The average molecular weight is 981 g/mol. The molecular weight excluding hydrogens is 909 g/mol. The number of aryl methyl sites for hydroxylation is 3. The van der Waals surface area contributed by atoms with Gasteiger partial charge in [0.1, 0.15) is 37.9 Å². The summed E-state index contributed by atoms with van der Waals surface area (Å²) < 4.78 is 58.9. The molecule has 0 aromatic heterocycles. The number of hydrogen-bond donors (Lipinski definition) is 0. The van der Waals surface area contributed by atoms with E-state index in [-0.39, 0.29) is 44.2 Å². The molecule has 4 aromatic carbocycles. The maximum atomic E-state index is 13.6. The van der Waals surface area contributed by atoms with E-state index < -0.39 is 52.5 Å². The van der Waals surface area contributed by atoms with E-state index in [9.17, 15) is 19.2 Å². The minimum absolute atomic E-state index is 0.00614. The molecular formula is C57H72O14. The van der Waals surface area contributed by atoms with Gasteiger partial charge in [-0.1, -0.05) is 142 Å². The first-order valence-electron chi connectivity index (χ1n) is 24.2. The molecule has 14 heteroatoms. The lowest BCUT2D eigenvalue weighted by Crippen LogP contribution is -2.57. The monoisotopic (exact) mass is 980 g/mol. The molecule has 0 atom stereocenters. The van der Waals surface area contributed by atoms with Crippen LogP contribution in [0.1, 0.15) is 125 Å². The van der Waals surface area contributed by atoms with E-state index in [2.05, 4.69) is 0 Å². The molecule has 6 rings (SSSR count). The molecule has 2 saturated heterocycles. The van der Waals surface area contributed by atoms with Gasteiger partial charge in [0, 0.05) is 28.4 Å². The smallest absolute Gasteiger partial charge is 0.465 e. The molecule has 2 aliphatic rings. The van der Waals surface area contributed by atoms with Gasteiger partial charge in [0.15, 0.2) is 12.6 Å². The highest BCUT2D eigenvalue weighted by Crippen LogP contribution is 2.41. The molecule has 71 heavy (non-hydrogen) atoms.